The third-order valence-electron chi connectivity index (χ3n) is 3.52. The largest absolute Gasteiger partial charge is 0.479 e. The first kappa shape index (κ1) is 13.8. The molecule has 0 saturated carbocycles. The molecule has 19 heavy (non-hydrogen) atoms. The summed E-state index contributed by atoms with van der Waals surface area (Å²) < 4.78 is 13.4. The van der Waals surface area contributed by atoms with Gasteiger partial charge in [0.25, 0.3) is 0 Å². The van der Waals surface area contributed by atoms with E-state index in [1.807, 2.05) is 11.9 Å². The zero-order valence-electron chi connectivity index (χ0n) is 11.2. The van der Waals surface area contributed by atoms with Gasteiger partial charge in [0.1, 0.15) is 11.4 Å². The first-order valence-electron chi connectivity index (χ1n) is 6.39. The van der Waals surface area contributed by atoms with Gasteiger partial charge < -0.3 is 15.3 Å². The van der Waals surface area contributed by atoms with Crippen molar-refractivity contribution in [2.45, 2.75) is 25.3 Å². The number of aliphatic carboxylic acids is 1. The lowest BCUT2D eigenvalue weighted by Gasteiger charge is -2.39. The highest BCUT2D eigenvalue weighted by molar-refractivity contribution is 5.83. The third kappa shape index (κ3) is 3.04. The van der Waals surface area contributed by atoms with Crippen LogP contribution in [0, 0.1) is 12.7 Å². The lowest BCUT2D eigenvalue weighted by molar-refractivity contribution is -0.144. The van der Waals surface area contributed by atoms with E-state index >= 15 is 0 Å². The smallest absolute Gasteiger partial charge is 0.330 e. The Hall–Kier alpha value is -1.62. The van der Waals surface area contributed by atoms with Gasteiger partial charge in [-0.3, -0.25) is 0 Å². The normalized spacial score (nSPS) is 24.2. The van der Waals surface area contributed by atoms with Crippen LogP contribution in [0.4, 0.5) is 10.1 Å². The van der Waals surface area contributed by atoms with Gasteiger partial charge in [-0.05, 0) is 57.1 Å². The predicted molar refractivity (Wildman–Crippen MR) is 71.9 cm³/mol. The van der Waals surface area contributed by atoms with Crippen molar-refractivity contribution in [1.29, 1.82) is 0 Å². The molecule has 4 nitrogen and oxygen atoms in total. The minimum Gasteiger partial charge on any atom is -0.479 e. The second-order valence-corrected chi connectivity index (χ2v) is 5.37. The fourth-order valence-corrected chi connectivity index (χ4v) is 2.68. The van der Waals surface area contributed by atoms with Crippen molar-refractivity contribution < 1.29 is 14.3 Å². The molecule has 1 atom stereocenters. The number of rotatable bonds is 3. The van der Waals surface area contributed by atoms with Crippen molar-refractivity contribution in [2.75, 3.05) is 25.5 Å². The lowest BCUT2D eigenvalue weighted by Crippen LogP contribution is -2.57. The quantitative estimate of drug-likeness (QED) is 0.879. The number of piperidine rings is 1. The van der Waals surface area contributed by atoms with Crippen LogP contribution in [0.2, 0.25) is 0 Å². The Labute approximate surface area is 112 Å². The molecule has 2 rings (SSSR count). The third-order valence-corrected chi connectivity index (χ3v) is 3.52. The Balaban J connectivity index is 2.28. The molecule has 0 aromatic heterocycles. The molecule has 1 fully saturated rings. The molecule has 1 saturated heterocycles. The number of aryl methyl sites for hydroxylation is 1. The monoisotopic (exact) mass is 266 g/mol. The zero-order valence-corrected chi connectivity index (χ0v) is 11.2. The van der Waals surface area contributed by atoms with E-state index in [4.69, 9.17) is 0 Å². The summed E-state index contributed by atoms with van der Waals surface area (Å²) in [5.41, 5.74) is 0.259. The van der Waals surface area contributed by atoms with E-state index in [1.165, 1.54) is 12.1 Å². The number of hydrogen-bond donors (Lipinski definition) is 2. The maximum Gasteiger partial charge on any atom is 0.330 e. The summed E-state index contributed by atoms with van der Waals surface area (Å²) in [5.74, 6) is -1.24. The molecule has 0 bridgehead atoms. The Bertz CT molecular complexity index is 472. The molecule has 1 heterocycles. The topological polar surface area (TPSA) is 52.6 Å². The number of anilines is 1. The summed E-state index contributed by atoms with van der Waals surface area (Å²) >= 11 is 0. The van der Waals surface area contributed by atoms with E-state index in [1.54, 1.807) is 13.0 Å². The highest BCUT2D eigenvalue weighted by atomic mass is 19.1. The summed E-state index contributed by atoms with van der Waals surface area (Å²) in [7, 11) is 1.90. The second kappa shape index (κ2) is 5.17. The fourth-order valence-electron chi connectivity index (χ4n) is 2.68. The van der Waals surface area contributed by atoms with Crippen LogP contribution in [0.15, 0.2) is 18.2 Å². The number of nitrogens with zero attached hydrogens (tertiary/aromatic N) is 1. The molecule has 1 aromatic carbocycles. The van der Waals surface area contributed by atoms with E-state index in [2.05, 4.69) is 5.32 Å². The molecule has 1 aromatic rings. The maximum atomic E-state index is 13.4. The Morgan fingerprint density at radius 2 is 2.21 bits per heavy atom. The van der Waals surface area contributed by atoms with Gasteiger partial charge in [-0.2, -0.15) is 0 Å². The summed E-state index contributed by atoms with van der Waals surface area (Å²) in [6, 6.07) is 4.53. The van der Waals surface area contributed by atoms with Crippen LogP contribution in [0.5, 0.6) is 0 Å². The van der Waals surface area contributed by atoms with E-state index in [0.717, 1.165) is 18.5 Å². The number of benzene rings is 1. The summed E-state index contributed by atoms with van der Waals surface area (Å²) in [4.78, 5) is 13.6. The molecular weight excluding hydrogens is 247 g/mol. The number of carbonyl (C=O) groups is 1. The number of carboxylic acid groups (broad SMARTS) is 1. The summed E-state index contributed by atoms with van der Waals surface area (Å²) in [6.45, 7) is 3.09. The van der Waals surface area contributed by atoms with Crippen molar-refractivity contribution in [2.24, 2.45) is 0 Å². The van der Waals surface area contributed by atoms with Crippen molar-refractivity contribution in [3.8, 4) is 0 Å². The van der Waals surface area contributed by atoms with Crippen molar-refractivity contribution in [3.05, 3.63) is 29.6 Å². The molecule has 1 aliphatic rings. The molecular formula is C14H19FN2O2. The van der Waals surface area contributed by atoms with Crippen molar-refractivity contribution in [3.63, 3.8) is 0 Å². The van der Waals surface area contributed by atoms with E-state index in [-0.39, 0.29) is 5.82 Å². The number of halogens is 1. The van der Waals surface area contributed by atoms with E-state index in [0.29, 0.717) is 18.7 Å². The van der Waals surface area contributed by atoms with Gasteiger partial charge >= 0.3 is 5.97 Å². The van der Waals surface area contributed by atoms with Crippen molar-refractivity contribution >= 4 is 11.7 Å². The van der Waals surface area contributed by atoms with Gasteiger partial charge in [-0.15, -0.1) is 0 Å². The average Bonchev–Trinajstić information content (AvgIpc) is 2.26. The molecule has 0 amide bonds. The van der Waals surface area contributed by atoms with Crippen LogP contribution in [-0.2, 0) is 4.79 Å². The molecule has 0 spiro atoms. The molecule has 104 valence electrons. The number of hydrogen-bond acceptors (Lipinski definition) is 3. The summed E-state index contributed by atoms with van der Waals surface area (Å²) in [5, 5.41) is 12.5. The zero-order chi connectivity index (χ0) is 14.0. The van der Waals surface area contributed by atoms with Gasteiger partial charge in [0.05, 0.1) is 0 Å². The van der Waals surface area contributed by atoms with Crippen LogP contribution in [0.1, 0.15) is 18.4 Å². The maximum absolute atomic E-state index is 13.4. The number of carboxylic acids is 1. The first-order chi connectivity index (χ1) is 8.91. The number of nitrogens with one attached hydrogen (secondary N) is 1. The molecule has 2 N–H and O–H groups in total. The number of likely N-dealkylation sites (N-methyl/N-ethyl adjacent to an activating group) is 1. The second-order valence-electron chi connectivity index (χ2n) is 5.37. The van der Waals surface area contributed by atoms with E-state index in [9.17, 15) is 14.3 Å². The fraction of sp³-hybridized carbons (Fsp3) is 0.500. The molecule has 1 unspecified atom stereocenters. The van der Waals surface area contributed by atoms with Crippen LogP contribution >= 0.6 is 0 Å². The van der Waals surface area contributed by atoms with Gasteiger partial charge in [0.15, 0.2) is 0 Å². The first-order valence-corrected chi connectivity index (χ1v) is 6.39. The van der Waals surface area contributed by atoms with Crippen LogP contribution in [-0.4, -0.2) is 41.7 Å². The van der Waals surface area contributed by atoms with Crippen LogP contribution in [0.25, 0.3) is 0 Å². The van der Waals surface area contributed by atoms with Gasteiger partial charge in [0, 0.05) is 12.2 Å². The standard InChI is InChI=1S/C14H19FN2O2/c1-10-6-11(15)8-12(7-10)16-14(13(18)19)4-3-5-17(2)9-14/h6-8,16H,3-5,9H2,1-2H3,(H,18,19). The van der Waals surface area contributed by atoms with Gasteiger partial charge in [-0.25, -0.2) is 9.18 Å². The minimum absolute atomic E-state index is 0.354. The van der Waals surface area contributed by atoms with Crippen molar-refractivity contribution in [1.82, 2.24) is 4.90 Å². The average molecular weight is 266 g/mol. The van der Waals surface area contributed by atoms with Gasteiger partial charge in [-0.1, -0.05) is 0 Å². The van der Waals surface area contributed by atoms with E-state index < -0.39 is 11.5 Å². The predicted octanol–water partition coefficient (Wildman–Crippen LogP) is 2.10. The Morgan fingerprint density at radius 3 is 2.79 bits per heavy atom. The highest BCUT2D eigenvalue weighted by Gasteiger charge is 2.41. The SMILES string of the molecule is Cc1cc(F)cc(NC2(C(=O)O)CCCN(C)C2)c1. The number of likely N-dealkylation sites (tertiary alicyclic amines) is 1. The molecule has 0 radical (unpaired) electrons. The highest BCUT2D eigenvalue weighted by Crippen LogP contribution is 2.26. The Morgan fingerprint density at radius 1 is 1.47 bits per heavy atom. The Kier molecular flexibility index (Phi) is 3.75. The molecule has 5 heteroatoms. The minimum atomic E-state index is -1.03. The lowest BCUT2D eigenvalue weighted by atomic mass is 9.89. The van der Waals surface area contributed by atoms with Crippen LogP contribution < -0.4 is 5.32 Å². The summed E-state index contributed by atoms with van der Waals surface area (Å²) in [6.07, 6.45) is 1.35. The van der Waals surface area contributed by atoms with Gasteiger partial charge in [0.2, 0.25) is 0 Å². The van der Waals surface area contributed by atoms with Crippen LogP contribution in [0.3, 0.4) is 0 Å². The molecule has 1 aliphatic heterocycles. The molecule has 0 aliphatic carbocycles.